The summed E-state index contributed by atoms with van der Waals surface area (Å²) < 4.78 is 5.97. The molecule has 1 amide bonds. The van der Waals surface area contributed by atoms with Gasteiger partial charge in [-0.25, -0.2) is 14.8 Å². The van der Waals surface area contributed by atoms with E-state index in [0.29, 0.717) is 13.2 Å². The molecule has 3 rings (SSSR count). The minimum atomic E-state index is -1.15. The number of hydrogen-bond donors (Lipinski definition) is 1. The molecule has 0 saturated heterocycles. The largest absolute Gasteiger partial charge is 0.476 e. The first-order valence-electron chi connectivity index (χ1n) is 9.51. The summed E-state index contributed by atoms with van der Waals surface area (Å²) in [5.41, 5.74) is 0.113. The summed E-state index contributed by atoms with van der Waals surface area (Å²) in [5, 5.41) is 8.95. The zero-order chi connectivity index (χ0) is 18.7. The van der Waals surface area contributed by atoms with Crippen molar-refractivity contribution in [3.63, 3.8) is 0 Å². The van der Waals surface area contributed by atoms with Crippen molar-refractivity contribution < 1.29 is 19.4 Å². The number of rotatable bonds is 7. The first-order valence-corrected chi connectivity index (χ1v) is 9.51. The van der Waals surface area contributed by atoms with E-state index in [1.807, 2.05) is 11.8 Å². The van der Waals surface area contributed by atoms with Crippen molar-refractivity contribution in [1.82, 2.24) is 14.9 Å². The molecule has 1 aromatic heterocycles. The van der Waals surface area contributed by atoms with Crippen LogP contribution < -0.4 is 0 Å². The third kappa shape index (κ3) is 3.20. The molecule has 2 aliphatic rings. The maximum absolute atomic E-state index is 13.1. The van der Waals surface area contributed by atoms with Gasteiger partial charge in [-0.2, -0.15) is 0 Å². The Morgan fingerprint density at radius 3 is 2.42 bits per heavy atom. The molecule has 1 aromatic rings. The zero-order valence-corrected chi connectivity index (χ0v) is 15.5. The fourth-order valence-electron chi connectivity index (χ4n) is 4.62. The summed E-state index contributed by atoms with van der Waals surface area (Å²) in [6.45, 7) is 5.43. The Morgan fingerprint density at radius 1 is 1.23 bits per heavy atom. The summed E-state index contributed by atoms with van der Waals surface area (Å²) in [6.07, 6.45) is 8.93. The van der Waals surface area contributed by atoms with Gasteiger partial charge < -0.3 is 14.7 Å². The van der Waals surface area contributed by atoms with E-state index in [1.165, 1.54) is 19.0 Å². The number of hydrogen-bond acceptors (Lipinski definition) is 5. The Balaban J connectivity index is 1.82. The van der Waals surface area contributed by atoms with E-state index >= 15 is 0 Å². The molecule has 2 atom stereocenters. The van der Waals surface area contributed by atoms with Crippen LogP contribution in [0.5, 0.6) is 0 Å². The van der Waals surface area contributed by atoms with E-state index in [0.717, 1.165) is 31.9 Å². The molecule has 0 aromatic carbocycles. The fourth-order valence-corrected chi connectivity index (χ4v) is 4.62. The standard InChI is InChI=1S/C19H27N3O4/c1-3-9-22(17(23)13-11-21-14(12-20-13)18(24)25)15-10-16(26-4-2)19(15)7-5-6-8-19/h11-12,15-16H,3-10H2,1-2H3,(H,24,25). The van der Waals surface area contributed by atoms with Gasteiger partial charge in [0.25, 0.3) is 5.91 Å². The topological polar surface area (TPSA) is 92.6 Å². The number of amides is 1. The number of carbonyl (C=O) groups is 2. The van der Waals surface area contributed by atoms with Crippen LogP contribution in [-0.2, 0) is 4.74 Å². The quantitative estimate of drug-likeness (QED) is 0.803. The lowest BCUT2D eigenvalue weighted by atomic mass is 9.59. The molecule has 0 aliphatic heterocycles. The van der Waals surface area contributed by atoms with Crippen LogP contribution in [0.15, 0.2) is 12.4 Å². The lowest BCUT2D eigenvalue weighted by Gasteiger charge is -2.57. The fraction of sp³-hybridized carbons (Fsp3) is 0.684. The highest BCUT2D eigenvalue weighted by atomic mass is 16.5. The van der Waals surface area contributed by atoms with Gasteiger partial charge in [0.2, 0.25) is 0 Å². The van der Waals surface area contributed by atoms with Gasteiger partial charge in [0, 0.05) is 24.6 Å². The number of ether oxygens (including phenoxy) is 1. The van der Waals surface area contributed by atoms with Gasteiger partial charge in [-0.15, -0.1) is 0 Å². The van der Waals surface area contributed by atoms with Crippen LogP contribution in [0.3, 0.4) is 0 Å². The smallest absolute Gasteiger partial charge is 0.356 e. The molecule has 0 radical (unpaired) electrons. The summed E-state index contributed by atoms with van der Waals surface area (Å²) in [4.78, 5) is 33.8. The number of nitrogens with zero attached hydrogens (tertiary/aromatic N) is 3. The van der Waals surface area contributed by atoms with Crippen molar-refractivity contribution in [3.05, 3.63) is 23.8 Å². The van der Waals surface area contributed by atoms with Crippen molar-refractivity contribution in [2.24, 2.45) is 5.41 Å². The van der Waals surface area contributed by atoms with Crippen LogP contribution in [0, 0.1) is 5.41 Å². The molecular formula is C19H27N3O4. The average molecular weight is 361 g/mol. The van der Waals surface area contributed by atoms with Crippen molar-refractivity contribution >= 4 is 11.9 Å². The Labute approximate surface area is 153 Å². The second-order valence-electron chi connectivity index (χ2n) is 7.23. The molecule has 2 fully saturated rings. The summed E-state index contributed by atoms with van der Waals surface area (Å²) in [5.74, 6) is -1.31. The molecule has 2 unspecified atom stereocenters. The van der Waals surface area contributed by atoms with Gasteiger partial charge in [0.1, 0.15) is 5.69 Å². The highest BCUT2D eigenvalue weighted by molar-refractivity contribution is 5.93. The summed E-state index contributed by atoms with van der Waals surface area (Å²) in [7, 11) is 0. The highest BCUT2D eigenvalue weighted by Gasteiger charge is 2.59. The molecule has 2 saturated carbocycles. The van der Waals surface area contributed by atoms with Crippen molar-refractivity contribution in [2.75, 3.05) is 13.2 Å². The Bertz CT molecular complexity index is 655. The first kappa shape index (κ1) is 18.8. The number of aromatic nitrogens is 2. The van der Waals surface area contributed by atoms with Crippen LogP contribution >= 0.6 is 0 Å². The molecule has 0 bridgehead atoms. The van der Waals surface area contributed by atoms with Gasteiger partial charge in [-0.3, -0.25) is 4.79 Å². The molecule has 7 heteroatoms. The van der Waals surface area contributed by atoms with E-state index in [-0.39, 0.29) is 34.9 Å². The van der Waals surface area contributed by atoms with E-state index in [2.05, 4.69) is 16.9 Å². The Morgan fingerprint density at radius 2 is 1.88 bits per heavy atom. The van der Waals surface area contributed by atoms with Gasteiger partial charge in [-0.05, 0) is 32.6 Å². The molecule has 1 N–H and O–H groups in total. The maximum atomic E-state index is 13.1. The number of carboxylic acids is 1. The van der Waals surface area contributed by atoms with Crippen LogP contribution in [-0.4, -0.2) is 57.1 Å². The van der Waals surface area contributed by atoms with Crippen molar-refractivity contribution in [3.8, 4) is 0 Å². The van der Waals surface area contributed by atoms with E-state index in [9.17, 15) is 9.59 Å². The third-order valence-electron chi connectivity index (χ3n) is 5.84. The average Bonchev–Trinajstić information content (AvgIpc) is 3.16. The lowest BCUT2D eigenvalue weighted by Crippen LogP contribution is -2.65. The van der Waals surface area contributed by atoms with Crippen LogP contribution in [0.1, 0.15) is 73.3 Å². The minimum absolute atomic E-state index is 0.0648. The molecule has 2 aliphatic carbocycles. The second kappa shape index (κ2) is 7.70. The van der Waals surface area contributed by atoms with Gasteiger partial charge in [0.05, 0.1) is 18.5 Å². The SMILES string of the molecule is CCCN(C(=O)c1cnc(C(=O)O)cn1)C1CC(OCC)C12CCCC2. The predicted molar refractivity (Wildman–Crippen MR) is 95.0 cm³/mol. The third-order valence-corrected chi connectivity index (χ3v) is 5.84. The Kier molecular flexibility index (Phi) is 5.55. The molecule has 1 spiro atoms. The number of aromatic carboxylic acids is 1. The molecule has 1 heterocycles. The van der Waals surface area contributed by atoms with Crippen molar-refractivity contribution in [1.29, 1.82) is 0 Å². The summed E-state index contributed by atoms with van der Waals surface area (Å²) >= 11 is 0. The first-order chi connectivity index (χ1) is 12.5. The monoisotopic (exact) mass is 361 g/mol. The Hall–Kier alpha value is -2.02. The van der Waals surface area contributed by atoms with Gasteiger partial charge in [-0.1, -0.05) is 19.8 Å². The molecular weight excluding hydrogens is 334 g/mol. The van der Waals surface area contributed by atoms with E-state index in [4.69, 9.17) is 9.84 Å². The normalized spacial score (nSPS) is 23.6. The van der Waals surface area contributed by atoms with Crippen LogP contribution in [0.2, 0.25) is 0 Å². The predicted octanol–water partition coefficient (Wildman–Crippen LogP) is 2.76. The summed E-state index contributed by atoms with van der Waals surface area (Å²) in [6, 6.07) is 0.162. The van der Waals surface area contributed by atoms with Gasteiger partial charge >= 0.3 is 5.97 Å². The lowest BCUT2D eigenvalue weighted by molar-refractivity contribution is -0.156. The highest BCUT2D eigenvalue weighted by Crippen LogP contribution is 2.56. The van der Waals surface area contributed by atoms with Gasteiger partial charge in [0.15, 0.2) is 5.69 Å². The van der Waals surface area contributed by atoms with Crippen molar-refractivity contribution in [2.45, 2.75) is 64.5 Å². The molecule has 7 nitrogen and oxygen atoms in total. The minimum Gasteiger partial charge on any atom is -0.476 e. The van der Waals surface area contributed by atoms with E-state index < -0.39 is 5.97 Å². The maximum Gasteiger partial charge on any atom is 0.356 e. The van der Waals surface area contributed by atoms with Crippen LogP contribution in [0.4, 0.5) is 0 Å². The van der Waals surface area contributed by atoms with Crippen LogP contribution in [0.25, 0.3) is 0 Å². The number of carbonyl (C=O) groups excluding carboxylic acids is 1. The van der Waals surface area contributed by atoms with E-state index in [1.54, 1.807) is 0 Å². The molecule has 26 heavy (non-hydrogen) atoms. The molecule has 142 valence electrons. The zero-order valence-electron chi connectivity index (χ0n) is 15.5. The second-order valence-corrected chi connectivity index (χ2v) is 7.23. The number of carboxylic acid groups (broad SMARTS) is 1.